The van der Waals surface area contributed by atoms with Gasteiger partial charge in [0.15, 0.2) is 9.84 Å². The zero-order chi connectivity index (χ0) is 18.3. The Balaban J connectivity index is 2.08. The molecule has 7 nitrogen and oxygen atoms in total. The highest BCUT2D eigenvalue weighted by molar-refractivity contribution is 7.90. The highest BCUT2D eigenvalue weighted by Gasteiger charge is 2.16. The topological polar surface area (TPSA) is 102 Å². The molecule has 0 bridgehead atoms. The fourth-order valence-corrected chi connectivity index (χ4v) is 3.44. The summed E-state index contributed by atoms with van der Waals surface area (Å²) in [7, 11) is -3.51. The van der Waals surface area contributed by atoms with E-state index in [1.165, 1.54) is 24.3 Å². The number of carbonyl (C=O) groups excluding carboxylic acids is 2. The van der Waals surface area contributed by atoms with Crippen molar-refractivity contribution in [3.8, 4) is 0 Å². The zero-order valence-electron chi connectivity index (χ0n) is 13.6. The molecule has 2 amide bonds. The summed E-state index contributed by atoms with van der Waals surface area (Å²) in [6.07, 6.45) is -0.779. The van der Waals surface area contributed by atoms with Crippen molar-refractivity contribution in [1.29, 1.82) is 0 Å². The Morgan fingerprint density at radius 1 is 1.00 bits per heavy atom. The van der Waals surface area contributed by atoms with Crippen molar-refractivity contribution in [1.82, 2.24) is 10.9 Å². The van der Waals surface area contributed by atoms with Crippen LogP contribution in [0.1, 0.15) is 22.8 Å². The smallest absolute Gasteiger partial charge is 0.426 e. The molecule has 2 aromatic carbocycles. The summed E-state index contributed by atoms with van der Waals surface area (Å²) in [6.45, 7) is 1.81. The Morgan fingerprint density at radius 3 is 2.40 bits per heavy atom. The van der Waals surface area contributed by atoms with E-state index in [4.69, 9.17) is 0 Å². The predicted octanol–water partition coefficient (Wildman–Crippen LogP) is 2.05. The zero-order valence-corrected chi connectivity index (χ0v) is 14.4. The lowest BCUT2D eigenvalue weighted by atomic mass is 10.1. The number of rotatable bonds is 5. The Kier molecular flexibility index (Phi) is 6.13. The van der Waals surface area contributed by atoms with Gasteiger partial charge in [0, 0.05) is 5.56 Å². The normalized spacial score (nSPS) is 10.8. The number of carbonyl (C=O) groups is 2. The fraction of sp³-hybridized carbons (Fsp3) is 0.176. The molecule has 0 saturated carbocycles. The number of hydrogen-bond acceptors (Lipinski definition) is 5. The van der Waals surface area contributed by atoms with Crippen molar-refractivity contribution in [2.45, 2.75) is 17.6 Å². The quantitative estimate of drug-likeness (QED) is 0.793. The Hall–Kier alpha value is -2.87. The van der Waals surface area contributed by atoms with Gasteiger partial charge in [0.1, 0.15) is 0 Å². The summed E-state index contributed by atoms with van der Waals surface area (Å²) in [4.78, 5) is 23.4. The third-order valence-electron chi connectivity index (χ3n) is 3.20. The van der Waals surface area contributed by atoms with Gasteiger partial charge in [0.2, 0.25) is 0 Å². The third kappa shape index (κ3) is 5.32. The molecule has 0 spiro atoms. The molecule has 0 heterocycles. The molecule has 0 aliphatic rings. The lowest BCUT2D eigenvalue weighted by Crippen LogP contribution is -2.41. The highest BCUT2D eigenvalue weighted by Crippen LogP contribution is 2.17. The first-order valence-electron chi connectivity index (χ1n) is 7.52. The highest BCUT2D eigenvalue weighted by atomic mass is 32.2. The van der Waals surface area contributed by atoms with Crippen LogP contribution >= 0.6 is 0 Å². The van der Waals surface area contributed by atoms with Gasteiger partial charge in [-0.1, -0.05) is 30.3 Å². The van der Waals surface area contributed by atoms with Crippen molar-refractivity contribution in [3.05, 3.63) is 65.7 Å². The standard InChI is InChI=1S/C17H18N2O5S/c1-2-24-17(21)19-18-16(20)14-8-6-7-13(11-14)12-25(22,23)15-9-4-3-5-10-15/h3-11H,2,12H2,1H3,(H,18,20)(H,19,21). The number of nitrogens with one attached hydrogen (secondary N) is 2. The van der Waals surface area contributed by atoms with Crippen LogP contribution in [0, 0.1) is 0 Å². The average Bonchev–Trinajstić information content (AvgIpc) is 2.60. The van der Waals surface area contributed by atoms with Crippen molar-refractivity contribution in [2.75, 3.05) is 6.61 Å². The maximum absolute atomic E-state index is 12.4. The first-order chi connectivity index (χ1) is 11.9. The second-order valence-corrected chi connectivity index (χ2v) is 7.06. The van der Waals surface area contributed by atoms with Gasteiger partial charge in [-0.2, -0.15) is 0 Å². The van der Waals surface area contributed by atoms with Crippen molar-refractivity contribution in [2.24, 2.45) is 0 Å². The van der Waals surface area contributed by atoms with Crippen LogP contribution in [-0.2, 0) is 20.3 Å². The van der Waals surface area contributed by atoms with Crippen LogP contribution in [0.3, 0.4) is 0 Å². The van der Waals surface area contributed by atoms with E-state index in [1.54, 1.807) is 37.3 Å². The Bertz CT molecular complexity index is 850. The molecule has 0 unspecified atom stereocenters. The molecular formula is C17H18N2O5S. The van der Waals surface area contributed by atoms with E-state index in [9.17, 15) is 18.0 Å². The fourth-order valence-electron chi connectivity index (χ4n) is 2.08. The summed E-state index contributed by atoms with van der Waals surface area (Å²) in [5.41, 5.74) is 4.97. The number of amides is 2. The van der Waals surface area contributed by atoms with E-state index < -0.39 is 21.8 Å². The van der Waals surface area contributed by atoms with Crippen LogP contribution in [0.25, 0.3) is 0 Å². The minimum atomic E-state index is -3.51. The molecule has 0 radical (unpaired) electrons. The van der Waals surface area contributed by atoms with Gasteiger partial charge < -0.3 is 4.74 Å². The molecule has 0 saturated heterocycles. The molecule has 0 aromatic heterocycles. The van der Waals surface area contributed by atoms with Crippen LogP contribution in [0.15, 0.2) is 59.5 Å². The van der Waals surface area contributed by atoms with Gasteiger partial charge in [0.05, 0.1) is 17.3 Å². The summed E-state index contributed by atoms with van der Waals surface area (Å²) in [5.74, 6) is -0.810. The largest absolute Gasteiger partial charge is 0.449 e. The number of hydrazine groups is 1. The van der Waals surface area contributed by atoms with Gasteiger partial charge in [-0.05, 0) is 36.8 Å². The first kappa shape index (κ1) is 18.5. The average molecular weight is 362 g/mol. The Labute approximate surface area is 145 Å². The number of ether oxygens (including phenoxy) is 1. The minimum Gasteiger partial charge on any atom is -0.449 e. The lowest BCUT2D eigenvalue weighted by Gasteiger charge is -2.09. The van der Waals surface area contributed by atoms with E-state index in [0.717, 1.165) is 0 Å². The molecule has 0 atom stereocenters. The molecule has 2 rings (SSSR count). The molecule has 0 fully saturated rings. The molecule has 25 heavy (non-hydrogen) atoms. The van der Waals surface area contributed by atoms with E-state index >= 15 is 0 Å². The summed E-state index contributed by atoms with van der Waals surface area (Å²) in [5, 5.41) is 0. The summed E-state index contributed by atoms with van der Waals surface area (Å²) < 4.78 is 29.4. The van der Waals surface area contributed by atoms with Gasteiger partial charge in [-0.15, -0.1) is 0 Å². The molecule has 2 aromatic rings. The molecular weight excluding hydrogens is 344 g/mol. The van der Waals surface area contributed by atoms with Gasteiger partial charge in [0.25, 0.3) is 5.91 Å². The maximum atomic E-state index is 12.4. The lowest BCUT2D eigenvalue weighted by molar-refractivity contribution is 0.0912. The number of sulfone groups is 1. The Morgan fingerprint density at radius 2 is 1.72 bits per heavy atom. The molecule has 2 N–H and O–H groups in total. The molecule has 132 valence electrons. The van der Waals surface area contributed by atoms with Crippen molar-refractivity contribution in [3.63, 3.8) is 0 Å². The summed E-state index contributed by atoms with van der Waals surface area (Å²) in [6, 6.07) is 14.3. The van der Waals surface area contributed by atoms with E-state index in [-0.39, 0.29) is 22.8 Å². The minimum absolute atomic E-state index is 0.175. The SMILES string of the molecule is CCOC(=O)NNC(=O)c1cccc(CS(=O)(=O)c2ccccc2)c1. The van der Waals surface area contributed by atoms with Crippen LogP contribution in [0.4, 0.5) is 4.79 Å². The number of hydrogen-bond donors (Lipinski definition) is 2. The van der Waals surface area contributed by atoms with Gasteiger partial charge >= 0.3 is 6.09 Å². The van der Waals surface area contributed by atoms with Crippen LogP contribution in [0.5, 0.6) is 0 Å². The van der Waals surface area contributed by atoms with Gasteiger partial charge in [-0.25, -0.2) is 18.6 Å². The number of benzene rings is 2. The molecule has 8 heteroatoms. The van der Waals surface area contributed by atoms with Crippen LogP contribution in [-0.4, -0.2) is 27.0 Å². The van der Waals surface area contributed by atoms with Crippen LogP contribution in [0.2, 0.25) is 0 Å². The van der Waals surface area contributed by atoms with Crippen molar-refractivity contribution >= 4 is 21.8 Å². The van der Waals surface area contributed by atoms with E-state index in [2.05, 4.69) is 15.6 Å². The summed E-state index contributed by atoms with van der Waals surface area (Å²) >= 11 is 0. The van der Waals surface area contributed by atoms with Crippen molar-refractivity contribution < 1.29 is 22.7 Å². The van der Waals surface area contributed by atoms with Crippen LogP contribution < -0.4 is 10.9 Å². The second-order valence-electron chi connectivity index (χ2n) is 5.07. The molecule has 0 aliphatic heterocycles. The monoisotopic (exact) mass is 362 g/mol. The van der Waals surface area contributed by atoms with E-state index in [0.29, 0.717) is 5.56 Å². The second kappa shape index (κ2) is 8.29. The maximum Gasteiger partial charge on any atom is 0.426 e. The third-order valence-corrected chi connectivity index (χ3v) is 4.91. The predicted molar refractivity (Wildman–Crippen MR) is 91.4 cm³/mol. The van der Waals surface area contributed by atoms with E-state index in [1.807, 2.05) is 0 Å². The molecule has 0 aliphatic carbocycles. The van der Waals surface area contributed by atoms with Gasteiger partial charge in [-0.3, -0.25) is 10.2 Å². The first-order valence-corrected chi connectivity index (χ1v) is 9.17.